The minimum atomic E-state index is -0.605. The van der Waals surface area contributed by atoms with Gasteiger partial charge >= 0.3 is 0 Å². The number of fused-ring (bicyclic) bond motifs is 9. The molecule has 0 aliphatic rings. The van der Waals surface area contributed by atoms with Gasteiger partial charge in [-0.05, 0) is 76.8 Å². The lowest BCUT2D eigenvalue weighted by Crippen LogP contribution is -2.00. The summed E-state index contributed by atoms with van der Waals surface area (Å²) in [6.45, 7) is 0. The first-order valence-electron chi connectivity index (χ1n) is 25.7. The summed E-state index contributed by atoms with van der Waals surface area (Å²) >= 11 is 0. The standard InChI is InChI=1S/C57H34N4O2/c1-3-15-35(16-4-1)37-19-11-20-38(33-37)55-58-56(39-31-32-49-45(34-39)52-40(23-13-29-50(52)62-49)36-17-5-2-6-18-36)60-57(59-55)44-25-14-30-51-53(44)43-24-12-28-48(54(43)63-51)61-46-26-9-7-21-41(46)42-22-8-10-27-47(42)61/h1-34H/i7D,8D,9D,10D,12D,14D,21D,22D,26D,28D,30D. The highest BCUT2D eigenvalue weighted by atomic mass is 16.3. The molecule has 0 N–H and O–H groups in total. The Balaban J connectivity index is 1.11. The summed E-state index contributed by atoms with van der Waals surface area (Å²) in [7, 11) is 0. The molecule has 9 aromatic carbocycles. The van der Waals surface area contributed by atoms with Crippen LogP contribution in [0, 0.1) is 0 Å². The molecule has 294 valence electrons. The summed E-state index contributed by atoms with van der Waals surface area (Å²) in [6.07, 6.45) is 0. The highest BCUT2D eigenvalue weighted by molar-refractivity contribution is 6.16. The van der Waals surface area contributed by atoms with Crippen LogP contribution < -0.4 is 0 Å². The molecule has 0 fully saturated rings. The van der Waals surface area contributed by atoms with Crippen LogP contribution in [0.5, 0.6) is 0 Å². The fraction of sp³-hybridized carbons (Fsp3) is 0. The van der Waals surface area contributed by atoms with Gasteiger partial charge in [0.25, 0.3) is 0 Å². The molecule has 0 aliphatic carbocycles. The third-order valence-electron chi connectivity index (χ3n) is 11.5. The van der Waals surface area contributed by atoms with E-state index in [1.807, 2.05) is 115 Å². The largest absolute Gasteiger partial charge is 0.456 e. The molecule has 0 aliphatic heterocycles. The maximum atomic E-state index is 9.43. The molecule has 0 unspecified atom stereocenters. The van der Waals surface area contributed by atoms with Gasteiger partial charge in [0.15, 0.2) is 23.1 Å². The van der Waals surface area contributed by atoms with E-state index in [2.05, 4.69) is 6.07 Å². The molecule has 0 bridgehead atoms. The molecular weight excluding hydrogens is 773 g/mol. The average Bonchev–Trinajstić information content (AvgIpc) is 4.11. The van der Waals surface area contributed by atoms with Crippen molar-refractivity contribution in [2.75, 3.05) is 0 Å². The summed E-state index contributed by atoms with van der Waals surface area (Å²) in [4.78, 5) is 15.3. The number of rotatable bonds is 6. The highest BCUT2D eigenvalue weighted by Crippen LogP contribution is 2.42. The second kappa shape index (κ2) is 14.0. The number of nitrogens with zero attached hydrogens (tertiary/aromatic N) is 4. The lowest BCUT2D eigenvalue weighted by molar-refractivity contribution is 0.666. The van der Waals surface area contributed by atoms with Crippen molar-refractivity contribution in [2.45, 2.75) is 0 Å². The molecule has 0 amide bonds. The van der Waals surface area contributed by atoms with Crippen molar-refractivity contribution < 1.29 is 23.9 Å². The Bertz CT molecular complexity index is 4570. The average molecular weight is 818 g/mol. The Morgan fingerprint density at radius 2 is 1.06 bits per heavy atom. The van der Waals surface area contributed by atoms with Gasteiger partial charge in [-0.25, -0.2) is 15.0 Å². The van der Waals surface area contributed by atoms with Crippen LogP contribution in [0.4, 0.5) is 0 Å². The third-order valence-corrected chi connectivity index (χ3v) is 11.5. The molecule has 4 heterocycles. The highest BCUT2D eigenvalue weighted by Gasteiger charge is 2.22. The van der Waals surface area contributed by atoms with Gasteiger partial charge in [0.05, 0.1) is 31.8 Å². The lowest BCUT2D eigenvalue weighted by atomic mass is 9.98. The van der Waals surface area contributed by atoms with Crippen molar-refractivity contribution in [1.82, 2.24) is 19.5 Å². The molecule has 0 spiro atoms. The Kier molecular flexibility index (Phi) is 5.74. The van der Waals surface area contributed by atoms with E-state index in [-0.39, 0.29) is 96.6 Å². The van der Waals surface area contributed by atoms with Crippen LogP contribution in [-0.4, -0.2) is 19.5 Å². The Morgan fingerprint density at radius 1 is 0.381 bits per heavy atom. The fourth-order valence-electron chi connectivity index (χ4n) is 8.69. The van der Waals surface area contributed by atoms with Crippen LogP contribution in [0.25, 0.3) is 128 Å². The van der Waals surface area contributed by atoms with Crippen LogP contribution in [-0.2, 0) is 0 Å². The first kappa shape index (κ1) is 25.9. The molecule has 6 nitrogen and oxygen atoms in total. The van der Waals surface area contributed by atoms with E-state index >= 15 is 0 Å². The number of furan rings is 2. The van der Waals surface area contributed by atoms with Gasteiger partial charge < -0.3 is 13.4 Å². The second-order valence-electron chi connectivity index (χ2n) is 15.1. The first-order valence-corrected chi connectivity index (χ1v) is 20.2. The van der Waals surface area contributed by atoms with Gasteiger partial charge in [-0.15, -0.1) is 0 Å². The molecule has 13 rings (SSSR count). The van der Waals surface area contributed by atoms with Gasteiger partial charge in [0.1, 0.15) is 16.7 Å². The van der Waals surface area contributed by atoms with Crippen LogP contribution >= 0.6 is 0 Å². The van der Waals surface area contributed by atoms with E-state index in [0.29, 0.717) is 22.3 Å². The normalized spacial score (nSPS) is 14.3. The maximum absolute atomic E-state index is 9.43. The minimum Gasteiger partial charge on any atom is -0.456 e. The van der Waals surface area contributed by atoms with Crippen LogP contribution in [0.3, 0.4) is 0 Å². The molecule has 4 aromatic heterocycles. The van der Waals surface area contributed by atoms with Crippen molar-refractivity contribution in [3.8, 4) is 62.1 Å². The Morgan fingerprint density at radius 3 is 1.92 bits per heavy atom. The van der Waals surface area contributed by atoms with E-state index < -0.39 is 42.3 Å². The number of aromatic nitrogens is 4. The van der Waals surface area contributed by atoms with Crippen LogP contribution in [0.2, 0.25) is 0 Å². The van der Waals surface area contributed by atoms with Crippen molar-refractivity contribution in [3.63, 3.8) is 0 Å². The van der Waals surface area contributed by atoms with Crippen molar-refractivity contribution in [1.29, 1.82) is 0 Å². The van der Waals surface area contributed by atoms with E-state index in [1.165, 1.54) is 22.8 Å². The zero-order valence-corrected chi connectivity index (χ0v) is 32.9. The second-order valence-corrected chi connectivity index (χ2v) is 15.1. The number of hydrogen-bond donors (Lipinski definition) is 0. The molecule has 13 aromatic rings. The van der Waals surface area contributed by atoms with E-state index in [0.717, 1.165) is 33.0 Å². The molecule has 0 saturated heterocycles. The van der Waals surface area contributed by atoms with E-state index in [9.17, 15) is 4.11 Å². The van der Waals surface area contributed by atoms with Crippen molar-refractivity contribution >= 4 is 65.7 Å². The lowest BCUT2D eigenvalue weighted by Gasteiger charge is -2.11. The molecule has 0 radical (unpaired) electrons. The zero-order chi connectivity index (χ0) is 51.0. The van der Waals surface area contributed by atoms with Gasteiger partial charge in [0.2, 0.25) is 0 Å². The summed E-state index contributed by atoms with van der Waals surface area (Å²) in [5.41, 5.74) is 6.20. The number of hydrogen-bond acceptors (Lipinski definition) is 5. The monoisotopic (exact) mass is 817 g/mol. The smallest absolute Gasteiger partial charge is 0.164 e. The van der Waals surface area contributed by atoms with E-state index in [4.69, 9.17) is 34.8 Å². The first-order chi connectivity index (χ1) is 35.8. The van der Waals surface area contributed by atoms with Gasteiger partial charge in [0, 0.05) is 49.0 Å². The van der Waals surface area contributed by atoms with Crippen LogP contribution in [0.1, 0.15) is 15.1 Å². The predicted octanol–water partition coefficient (Wildman–Crippen LogP) is 15.1. The van der Waals surface area contributed by atoms with Crippen molar-refractivity contribution in [2.24, 2.45) is 0 Å². The minimum absolute atomic E-state index is 0.00843. The fourth-order valence-corrected chi connectivity index (χ4v) is 8.69. The Labute approximate surface area is 376 Å². The summed E-state index contributed by atoms with van der Waals surface area (Å²) in [5, 5.41) is 1.98. The maximum Gasteiger partial charge on any atom is 0.164 e. The van der Waals surface area contributed by atoms with E-state index in [1.54, 1.807) is 0 Å². The molecule has 0 saturated carbocycles. The summed E-state index contributed by atoms with van der Waals surface area (Å²) in [6, 6.07) is 38.6. The van der Waals surface area contributed by atoms with Gasteiger partial charge in [-0.1, -0.05) is 151 Å². The summed E-state index contributed by atoms with van der Waals surface area (Å²) < 4.78 is 113. The predicted molar refractivity (Wildman–Crippen MR) is 256 cm³/mol. The Hall–Kier alpha value is -8.61. The number of benzene rings is 9. The summed E-state index contributed by atoms with van der Waals surface area (Å²) in [5.74, 6) is 0.646. The third kappa shape index (κ3) is 5.62. The molecule has 6 heteroatoms. The van der Waals surface area contributed by atoms with Gasteiger partial charge in [-0.2, -0.15) is 0 Å². The molecule has 0 atom stereocenters. The topological polar surface area (TPSA) is 69.9 Å². The SMILES string of the molecule is [2H]c1cc2c(oc3c([2H])c([2H])cc(-c4nc(-c5cccc(-c6ccccc6)c5)nc(-c5ccc6oc7cccc(-c8ccccc8)c7c6c5)n4)c32)c(-n2c3cc([2H])c([2H])c([2H])c3c3c([2H])c([2H])c([2H])c([2H])c32)c1[2H]. The van der Waals surface area contributed by atoms with Gasteiger partial charge in [-0.3, -0.25) is 0 Å². The molecule has 63 heavy (non-hydrogen) atoms. The number of para-hydroxylation sites is 3. The quantitative estimate of drug-likeness (QED) is 0.167. The van der Waals surface area contributed by atoms with Crippen molar-refractivity contribution in [3.05, 3.63) is 206 Å². The van der Waals surface area contributed by atoms with Crippen LogP contribution in [0.15, 0.2) is 215 Å². The molecular formula is C57H34N4O2. The zero-order valence-electron chi connectivity index (χ0n) is 43.9.